The molecule has 0 radical (unpaired) electrons. The van der Waals surface area contributed by atoms with Gasteiger partial charge in [-0.1, -0.05) is 71.2 Å². The number of hydrogen-bond acceptors (Lipinski definition) is 3. The smallest absolute Gasteiger partial charge is 0.105 e. The van der Waals surface area contributed by atoms with Gasteiger partial charge in [0.25, 0.3) is 0 Å². The van der Waals surface area contributed by atoms with Gasteiger partial charge in [-0.3, -0.25) is 4.99 Å². The Balaban J connectivity index is 0. The van der Waals surface area contributed by atoms with Crippen LogP contribution in [-0.2, 0) is 0 Å². The fourth-order valence-electron chi connectivity index (χ4n) is 1.55. The molecule has 0 aromatic heterocycles. The Morgan fingerprint density at radius 1 is 1.24 bits per heavy atom. The fourth-order valence-corrected chi connectivity index (χ4v) is 2.75. The largest absolute Gasteiger partial charge is 0.380 e. The molecule has 1 aliphatic rings. The lowest BCUT2D eigenvalue weighted by molar-refractivity contribution is 0.903. The van der Waals surface area contributed by atoms with Gasteiger partial charge in [0.1, 0.15) is 5.03 Å². The molecular weight excluding hydrogens is 276 g/mol. The zero-order valence-electron chi connectivity index (χ0n) is 14.8. The minimum atomic E-state index is 0.782. The van der Waals surface area contributed by atoms with E-state index in [2.05, 4.69) is 36.0 Å². The molecule has 0 saturated heterocycles. The van der Waals surface area contributed by atoms with Gasteiger partial charge < -0.3 is 5.32 Å². The van der Waals surface area contributed by atoms with Crippen molar-refractivity contribution in [3.63, 3.8) is 0 Å². The topological polar surface area (TPSA) is 24.4 Å². The monoisotopic (exact) mass is 308 g/mol. The SMILES string of the molecule is C=CC1=C(/N=C\C)SC(=C/CC)/C(=C\C)NC1.CC.CC. The van der Waals surface area contributed by atoms with Crippen LogP contribution < -0.4 is 5.32 Å². The van der Waals surface area contributed by atoms with Gasteiger partial charge in [-0.15, -0.1) is 0 Å². The number of rotatable bonds is 3. The number of aliphatic imine (C=N–C) groups is 1. The maximum atomic E-state index is 4.44. The van der Waals surface area contributed by atoms with Crippen LogP contribution in [0.25, 0.3) is 0 Å². The summed E-state index contributed by atoms with van der Waals surface area (Å²) in [5.41, 5.74) is 2.32. The summed E-state index contributed by atoms with van der Waals surface area (Å²) in [6.45, 7) is 18.8. The normalized spacial score (nSPS) is 18.4. The predicted molar refractivity (Wildman–Crippen MR) is 102 cm³/mol. The van der Waals surface area contributed by atoms with Crippen molar-refractivity contribution in [3.8, 4) is 0 Å². The van der Waals surface area contributed by atoms with Gasteiger partial charge in [-0.25, -0.2) is 0 Å². The van der Waals surface area contributed by atoms with Crippen molar-refractivity contribution in [1.82, 2.24) is 5.32 Å². The Kier molecular flexibility index (Phi) is 15.9. The Bertz CT molecular complexity index is 401. The number of allylic oxidation sites excluding steroid dienone is 2. The molecule has 0 aromatic rings. The third-order valence-corrected chi connectivity index (χ3v) is 3.55. The second-order valence-corrected chi connectivity index (χ2v) is 4.59. The summed E-state index contributed by atoms with van der Waals surface area (Å²) in [5, 5.41) is 4.46. The highest BCUT2D eigenvalue weighted by Crippen LogP contribution is 2.35. The number of hydrogen-bond donors (Lipinski definition) is 1. The minimum Gasteiger partial charge on any atom is -0.380 e. The maximum absolute atomic E-state index is 4.44. The van der Waals surface area contributed by atoms with Crippen molar-refractivity contribution in [3.05, 3.63) is 46.0 Å². The van der Waals surface area contributed by atoms with Crippen LogP contribution in [0.2, 0.25) is 0 Å². The molecule has 1 rings (SSSR count). The molecule has 120 valence electrons. The van der Waals surface area contributed by atoms with Crippen LogP contribution >= 0.6 is 11.8 Å². The predicted octanol–water partition coefficient (Wildman–Crippen LogP) is 6.06. The van der Waals surface area contributed by atoms with E-state index in [1.807, 2.05) is 53.8 Å². The van der Waals surface area contributed by atoms with E-state index in [4.69, 9.17) is 0 Å². The van der Waals surface area contributed by atoms with Crippen molar-refractivity contribution in [2.75, 3.05) is 6.54 Å². The summed E-state index contributed by atoms with van der Waals surface area (Å²) in [6.07, 6.45) is 9.06. The maximum Gasteiger partial charge on any atom is 0.105 e. The molecule has 0 unspecified atom stereocenters. The summed E-state index contributed by atoms with van der Waals surface area (Å²) in [5.74, 6) is 0. The highest BCUT2D eigenvalue weighted by molar-refractivity contribution is 8.07. The molecule has 0 atom stereocenters. The summed E-state index contributed by atoms with van der Waals surface area (Å²) < 4.78 is 0. The number of nitrogens with one attached hydrogen (secondary N) is 1. The first-order valence-electron chi connectivity index (χ1n) is 7.89. The van der Waals surface area contributed by atoms with Crippen molar-refractivity contribution >= 4 is 18.0 Å². The molecule has 0 spiro atoms. The Hall–Kier alpha value is -1.22. The third kappa shape index (κ3) is 7.96. The number of nitrogens with zero attached hydrogens (tertiary/aromatic N) is 1. The average molecular weight is 309 g/mol. The lowest BCUT2D eigenvalue weighted by Gasteiger charge is -2.08. The molecule has 1 heterocycles. The molecule has 3 heteroatoms. The second kappa shape index (κ2) is 15.2. The van der Waals surface area contributed by atoms with Gasteiger partial charge in [0, 0.05) is 28.9 Å². The zero-order chi connectivity index (χ0) is 16.7. The zero-order valence-corrected chi connectivity index (χ0v) is 15.6. The fraction of sp³-hybridized carbons (Fsp3) is 0.500. The molecule has 1 aliphatic heterocycles. The molecule has 21 heavy (non-hydrogen) atoms. The summed E-state index contributed by atoms with van der Waals surface area (Å²) in [4.78, 5) is 5.68. The quantitative estimate of drug-likeness (QED) is 0.641. The van der Waals surface area contributed by atoms with Crippen LogP contribution in [0.5, 0.6) is 0 Å². The average Bonchev–Trinajstić information content (AvgIpc) is 2.71. The molecule has 0 saturated carbocycles. The van der Waals surface area contributed by atoms with Crippen LogP contribution in [0.3, 0.4) is 0 Å². The van der Waals surface area contributed by atoms with Gasteiger partial charge in [0.2, 0.25) is 0 Å². The standard InChI is InChI=1S/C14H20N2S.2C2H6/c1-5-9-13-12(7-3)16-10-11(6-2)14(17-13)15-8-4;2*1-2/h6-9,16H,2,5,10H2,1,3-4H3;2*1-2H3/b12-7+,13-9+,15-8-;;. The van der Waals surface area contributed by atoms with Gasteiger partial charge in [0.05, 0.1) is 0 Å². The Morgan fingerprint density at radius 3 is 2.29 bits per heavy atom. The molecule has 0 aromatic carbocycles. The summed E-state index contributed by atoms with van der Waals surface area (Å²) in [7, 11) is 0. The highest BCUT2D eigenvalue weighted by atomic mass is 32.2. The minimum absolute atomic E-state index is 0.782. The van der Waals surface area contributed by atoms with Crippen molar-refractivity contribution in [1.29, 1.82) is 0 Å². The summed E-state index contributed by atoms with van der Waals surface area (Å²) in [6, 6.07) is 0. The molecular formula is C18H32N2S. The van der Waals surface area contributed by atoms with E-state index in [0.29, 0.717) is 0 Å². The second-order valence-electron chi connectivity index (χ2n) is 3.56. The van der Waals surface area contributed by atoms with Crippen LogP contribution in [0.1, 0.15) is 54.9 Å². The van der Waals surface area contributed by atoms with Crippen molar-refractivity contribution < 1.29 is 0 Å². The molecule has 2 nitrogen and oxygen atoms in total. The van der Waals surface area contributed by atoms with Gasteiger partial charge in [0.15, 0.2) is 0 Å². The molecule has 1 N–H and O–H groups in total. The van der Waals surface area contributed by atoms with E-state index in [-0.39, 0.29) is 0 Å². The van der Waals surface area contributed by atoms with Crippen LogP contribution in [-0.4, -0.2) is 12.8 Å². The Labute approximate surface area is 136 Å². The van der Waals surface area contributed by atoms with Crippen LogP contribution in [0.4, 0.5) is 0 Å². The highest BCUT2D eigenvalue weighted by Gasteiger charge is 2.15. The van der Waals surface area contributed by atoms with Gasteiger partial charge in [-0.2, -0.15) is 0 Å². The first kappa shape index (κ1) is 22.1. The first-order valence-corrected chi connectivity index (χ1v) is 8.71. The molecule has 0 amide bonds. The molecule has 0 fully saturated rings. The molecule has 0 bridgehead atoms. The lowest BCUT2D eigenvalue weighted by Crippen LogP contribution is -2.14. The number of thioether (sulfide) groups is 1. The van der Waals surface area contributed by atoms with E-state index < -0.39 is 0 Å². The lowest BCUT2D eigenvalue weighted by atomic mass is 10.2. The van der Waals surface area contributed by atoms with Crippen LogP contribution in [0.15, 0.2) is 51.0 Å². The van der Waals surface area contributed by atoms with E-state index in [9.17, 15) is 0 Å². The van der Waals surface area contributed by atoms with E-state index in [1.54, 1.807) is 11.8 Å². The van der Waals surface area contributed by atoms with Gasteiger partial charge >= 0.3 is 0 Å². The Morgan fingerprint density at radius 2 is 1.86 bits per heavy atom. The molecule has 0 aliphatic carbocycles. The van der Waals surface area contributed by atoms with Crippen molar-refractivity contribution in [2.45, 2.75) is 54.9 Å². The summed E-state index contributed by atoms with van der Waals surface area (Å²) >= 11 is 1.71. The van der Waals surface area contributed by atoms with Crippen molar-refractivity contribution in [2.24, 2.45) is 4.99 Å². The first-order chi connectivity index (χ1) is 10.3. The van der Waals surface area contributed by atoms with E-state index >= 15 is 0 Å². The van der Waals surface area contributed by atoms with Gasteiger partial charge in [-0.05, 0) is 20.3 Å². The van der Waals surface area contributed by atoms with Crippen LogP contribution in [0, 0.1) is 0 Å². The van der Waals surface area contributed by atoms with E-state index in [1.165, 1.54) is 10.6 Å². The van der Waals surface area contributed by atoms with E-state index in [0.717, 1.165) is 23.6 Å². The third-order valence-electron chi connectivity index (χ3n) is 2.39.